The van der Waals surface area contributed by atoms with E-state index >= 15 is 0 Å². The maximum absolute atomic E-state index is 13.0. The van der Waals surface area contributed by atoms with Crippen molar-refractivity contribution in [2.45, 2.75) is 32.9 Å². The van der Waals surface area contributed by atoms with Gasteiger partial charge in [-0.3, -0.25) is 14.4 Å². The molecule has 30 heavy (non-hydrogen) atoms. The number of nitrogens with one attached hydrogen (secondary N) is 2. The lowest BCUT2D eigenvalue weighted by molar-refractivity contribution is -0.154. The highest BCUT2D eigenvalue weighted by atomic mass is 19.1. The summed E-state index contributed by atoms with van der Waals surface area (Å²) < 4.78 is 23.4. The van der Waals surface area contributed by atoms with Gasteiger partial charge in [-0.1, -0.05) is 12.1 Å². The minimum Gasteiger partial charge on any atom is -0.494 e. The number of benzene rings is 2. The minimum absolute atomic E-state index is 0.366. The number of carbonyl (C=O) groups excluding carboxylic acids is 3. The molecule has 2 rings (SSSR count). The Bertz CT molecular complexity index is 868. The Hall–Kier alpha value is -3.42. The lowest BCUT2D eigenvalue weighted by atomic mass is 10.1. The first-order valence-electron chi connectivity index (χ1n) is 9.56. The largest absolute Gasteiger partial charge is 0.494 e. The molecule has 160 valence electrons. The number of carbonyl (C=O) groups is 3. The van der Waals surface area contributed by atoms with E-state index in [2.05, 4.69) is 10.6 Å². The summed E-state index contributed by atoms with van der Waals surface area (Å²) in [5.41, 5.74) is 1.08. The average Bonchev–Trinajstić information content (AvgIpc) is 2.73. The number of ether oxygens (including phenoxy) is 2. The number of halogens is 1. The smallest absolute Gasteiger partial charge is 0.326 e. The van der Waals surface area contributed by atoms with Crippen LogP contribution in [-0.2, 0) is 14.3 Å². The van der Waals surface area contributed by atoms with Crippen LogP contribution in [0.2, 0.25) is 0 Å². The average molecular weight is 416 g/mol. The number of hydrogen-bond donors (Lipinski definition) is 2. The third-order valence-electron chi connectivity index (χ3n) is 4.23. The predicted octanol–water partition coefficient (Wildman–Crippen LogP) is 2.76. The fourth-order valence-corrected chi connectivity index (χ4v) is 2.58. The highest BCUT2D eigenvalue weighted by Crippen LogP contribution is 2.13. The van der Waals surface area contributed by atoms with E-state index in [-0.39, 0.29) is 12.4 Å². The first-order chi connectivity index (χ1) is 14.3. The quantitative estimate of drug-likeness (QED) is 0.613. The maximum Gasteiger partial charge on any atom is 0.326 e. The van der Waals surface area contributed by atoms with Gasteiger partial charge in [0.25, 0.3) is 11.8 Å². The van der Waals surface area contributed by atoms with Crippen LogP contribution in [0.4, 0.5) is 4.39 Å². The van der Waals surface area contributed by atoms with Crippen molar-refractivity contribution in [1.29, 1.82) is 0 Å². The Balaban J connectivity index is 1.78. The molecule has 0 spiro atoms. The van der Waals surface area contributed by atoms with Crippen molar-refractivity contribution in [1.82, 2.24) is 10.6 Å². The molecule has 0 aromatic heterocycles. The molecule has 2 aromatic rings. The summed E-state index contributed by atoms with van der Waals surface area (Å²) in [4.78, 5) is 36.3. The summed E-state index contributed by atoms with van der Waals surface area (Å²) in [6.07, 6.45) is -1.05. The van der Waals surface area contributed by atoms with Crippen LogP contribution >= 0.6 is 0 Å². The van der Waals surface area contributed by atoms with Gasteiger partial charge in [-0.05, 0) is 62.7 Å². The van der Waals surface area contributed by atoms with Crippen molar-refractivity contribution >= 4 is 17.8 Å². The summed E-state index contributed by atoms with van der Waals surface area (Å²) in [7, 11) is 0. The van der Waals surface area contributed by atoms with Crippen LogP contribution in [0, 0.1) is 5.82 Å². The summed E-state index contributed by atoms with van der Waals surface area (Å²) in [6, 6.07) is 11.8. The fraction of sp³-hybridized carbons (Fsp3) is 0.318. The van der Waals surface area contributed by atoms with E-state index < -0.39 is 29.9 Å². The van der Waals surface area contributed by atoms with E-state index in [1.807, 2.05) is 6.92 Å². The van der Waals surface area contributed by atoms with Crippen molar-refractivity contribution in [3.63, 3.8) is 0 Å². The first kappa shape index (κ1) is 22.9. The molecule has 0 fully saturated rings. The van der Waals surface area contributed by atoms with Crippen LogP contribution < -0.4 is 15.4 Å². The van der Waals surface area contributed by atoms with Crippen molar-refractivity contribution in [2.75, 3.05) is 13.2 Å². The zero-order valence-electron chi connectivity index (χ0n) is 17.1. The number of hydrogen-bond acceptors (Lipinski definition) is 5. The predicted molar refractivity (Wildman–Crippen MR) is 108 cm³/mol. The molecule has 0 aliphatic carbocycles. The lowest BCUT2D eigenvalue weighted by Gasteiger charge is -2.18. The van der Waals surface area contributed by atoms with Crippen LogP contribution in [0.3, 0.4) is 0 Å². The van der Waals surface area contributed by atoms with E-state index in [0.29, 0.717) is 23.5 Å². The zero-order valence-corrected chi connectivity index (χ0v) is 17.1. The van der Waals surface area contributed by atoms with Gasteiger partial charge in [0.05, 0.1) is 12.6 Å². The lowest BCUT2D eigenvalue weighted by Crippen LogP contribution is -2.39. The zero-order chi connectivity index (χ0) is 22.1. The van der Waals surface area contributed by atoms with Crippen molar-refractivity contribution in [2.24, 2.45) is 0 Å². The van der Waals surface area contributed by atoms with Crippen molar-refractivity contribution in [3.05, 3.63) is 65.5 Å². The SMILES string of the molecule is CCOc1ccc(C(=O)NCC(=O)O[C@H](C)C(=O)N[C@H](C)c2ccc(F)cc2)cc1. The van der Waals surface area contributed by atoms with Crippen LogP contribution in [0.25, 0.3) is 0 Å². The molecular formula is C22H25FN2O5. The molecule has 0 radical (unpaired) electrons. The molecule has 0 heterocycles. The molecule has 0 saturated heterocycles. The second-order valence-corrected chi connectivity index (χ2v) is 6.55. The van der Waals surface area contributed by atoms with Gasteiger partial charge in [0, 0.05) is 5.56 Å². The summed E-state index contributed by atoms with van der Waals surface area (Å²) >= 11 is 0. The second kappa shape index (κ2) is 10.9. The van der Waals surface area contributed by atoms with Crippen LogP contribution in [-0.4, -0.2) is 37.0 Å². The highest BCUT2D eigenvalue weighted by Gasteiger charge is 2.20. The van der Waals surface area contributed by atoms with Crippen LogP contribution in [0.15, 0.2) is 48.5 Å². The molecule has 0 saturated carbocycles. The number of rotatable bonds is 9. The van der Waals surface area contributed by atoms with Gasteiger partial charge >= 0.3 is 5.97 Å². The van der Waals surface area contributed by atoms with E-state index in [1.54, 1.807) is 43.3 Å². The Kier molecular flexibility index (Phi) is 8.34. The minimum atomic E-state index is -1.05. The van der Waals surface area contributed by atoms with Crippen molar-refractivity contribution in [3.8, 4) is 5.75 Å². The van der Waals surface area contributed by atoms with Crippen LogP contribution in [0.1, 0.15) is 42.7 Å². The Morgan fingerprint density at radius 3 is 2.23 bits per heavy atom. The van der Waals surface area contributed by atoms with Gasteiger partial charge in [0.2, 0.25) is 0 Å². The molecule has 0 aliphatic heterocycles. The molecular weight excluding hydrogens is 391 g/mol. The van der Waals surface area contributed by atoms with E-state index in [4.69, 9.17) is 9.47 Å². The van der Waals surface area contributed by atoms with Crippen molar-refractivity contribution < 1.29 is 28.2 Å². The molecule has 8 heteroatoms. The Morgan fingerprint density at radius 1 is 1.00 bits per heavy atom. The van der Waals surface area contributed by atoms with Gasteiger partial charge in [0.15, 0.2) is 6.10 Å². The first-order valence-corrected chi connectivity index (χ1v) is 9.56. The second-order valence-electron chi connectivity index (χ2n) is 6.55. The summed E-state index contributed by atoms with van der Waals surface area (Å²) in [5.74, 6) is -1.42. The third kappa shape index (κ3) is 6.88. The molecule has 0 aliphatic rings. The molecule has 0 unspecified atom stereocenters. The van der Waals surface area contributed by atoms with Crippen LogP contribution in [0.5, 0.6) is 5.75 Å². The van der Waals surface area contributed by atoms with Gasteiger partial charge in [-0.2, -0.15) is 0 Å². The topological polar surface area (TPSA) is 93.7 Å². The normalized spacial score (nSPS) is 12.4. The van der Waals surface area contributed by atoms with E-state index in [9.17, 15) is 18.8 Å². The standard InChI is InChI=1S/C22H25FN2O5/c1-4-29-19-11-7-17(8-12-19)22(28)24-13-20(26)30-15(3)21(27)25-14(2)16-5-9-18(23)10-6-16/h5-12,14-15H,4,13H2,1-3H3,(H,24,28)(H,25,27)/t14-,15-/m1/s1. The molecule has 2 aromatic carbocycles. The summed E-state index contributed by atoms with van der Waals surface area (Å²) in [5, 5.41) is 5.13. The molecule has 0 bridgehead atoms. The number of amides is 2. The Labute approximate surface area is 174 Å². The molecule has 7 nitrogen and oxygen atoms in total. The van der Waals surface area contributed by atoms with Gasteiger partial charge in [0.1, 0.15) is 18.1 Å². The fourth-order valence-electron chi connectivity index (χ4n) is 2.58. The van der Waals surface area contributed by atoms with Gasteiger partial charge < -0.3 is 20.1 Å². The monoisotopic (exact) mass is 416 g/mol. The molecule has 2 amide bonds. The van der Waals surface area contributed by atoms with Gasteiger partial charge in [-0.25, -0.2) is 4.39 Å². The Morgan fingerprint density at radius 2 is 1.63 bits per heavy atom. The van der Waals surface area contributed by atoms with E-state index in [0.717, 1.165) is 0 Å². The third-order valence-corrected chi connectivity index (χ3v) is 4.23. The highest BCUT2D eigenvalue weighted by molar-refractivity contribution is 5.96. The van der Waals surface area contributed by atoms with E-state index in [1.165, 1.54) is 19.1 Å². The molecule has 2 atom stereocenters. The molecule has 2 N–H and O–H groups in total. The number of esters is 1. The van der Waals surface area contributed by atoms with Gasteiger partial charge in [-0.15, -0.1) is 0 Å². The summed E-state index contributed by atoms with van der Waals surface area (Å²) in [6.45, 7) is 5.16. The maximum atomic E-state index is 13.0.